The Balaban J connectivity index is 2.02. The first-order valence-corrected chi connectivity index (χ1v) is 4.76. The van der Waals surface area contributed by atoms with E-state index in [9.17, 15) is 4.79 Å². The fourth-order valence-corrected chi connectivity index (χ4v) is 1.41. The molecule has 0 unspecified atom stereocenters. The van der Waals surface area contributed by atoms with Crippen LogP contribution in [-0.4, -0.2) is 20.8 Å². The molecule has 0 aliphatic carbocycles. The van der Waals surface area contributed by atoms with E-state index in [4.69, 9.17) is 0 Å². The predicted octanol–water partition coefficient (Wildman–Crippen LogP) is 1.33. The van der Waals surface area contributed by atoms with E-state index in [1.54, 1.807) is 18.6 Å². The van der Waals surface area contributed by atoms with Crippen LogP contribution in [0.5, 0.6) is 0 Å². The lowest BCUT2D eigenvalue weighted by Crippen LogP contribution is -2.05. The lowest BCUT2D eigenvalue weighted by molar-refractivity contribution is 0.111. The molecule has 0 atom stereocenters. The van der Waals surface area contributed by atoms with Crippen molar-refractivity contribution in [2.45, 2.75) is 13.0 Å². The maximum absolute atomic E-state index is 10.6. The monoisotopic (exact) mass is 201 g/mol. The topological polar surface area (TPSA) is 47.8 Å². The number of aromatic nitrogens is 3. The molecule has 0 aliphatic rings. The molecule has 2 rings (SSSR count). The van der Waals surface area contributed by atoms with Gasteiger partial charge >= 0.3 is 0 Å². The van der Waals surface area contributed by atoms with E-state index in [1.165, 1.54) is 0 Å². The molecule has 0 N–H and O–H groups in total. The third-order valence-corrected chi connectivity index (χ3v) is 2.19. The quantitative estimate of drug-likeness (QED) is 0.701. The van der Waals surface area contributed by atoms with Crippen molar-refractivity contribution < 1.29 is 4.79 Å². The fourth-order valence-electron chi connectivity index (χ4n) is 1.41. The van der Waals surface area contributed by atoms with E-state index in [-0.39, 0.29) is 0 Å². The highest BCUT2D eigenvalue weighted by Gasteiger charge is 2.00. The van der Waals surface area contributed by atoms with Gasteiger partial charge in [-0.05, 0) is 12.1 Å². The van der Waals surface area contributed by atoms with Crippen molar-refractivity contribution in [3.05, 3.63) is 48.3 Å². The zero-order chi connectivity index (χ0) is 10.5. The van der Waals surface area contributed by atoms with Gasteiger partial charge in [0.1, 0.15) is 0 Å². The van der Waals surface area contributed by atoms with Crippen LogP contribution in [0, 0.1) is 0 Å². The van der Waals surface area contributed by atoms with Crippen LogP contribution >= 0.6 is 0 Å². The summed E-state index contributed by atoms with van der Waals surface area (Å²) in [5.74, 6) is 0.464. The van der Waals surface area contributed by atoms with E-state index in [2.05, 4.69) is 9.97 Å². The van der Waals surface area contributed by atoms with Crippen LogP contribution in [0.15, 0.2) is 36.8 Å². The van der Waals surface area contributed by atoms with Gasteiger partial charge in [0, 0.05) is 37.3 Å². The number of aldehydes is 1. The van der Waals surface area contributed by atoms with Crippen LogP contribution in [0.4, 0.5) is 0 Å². The van der Waals surface area contributed by atoms with Gasteiger partial charge in [-0.1, -0.05) is 6.07 Å². The number of hydrogen-bond acceptors (Lipinski definition) is 3. The third kappa shape index (κ3) is 2.28. The van der Waals surface area contributed by atoms with Crippen molar-refractivity contribution in [2.75, 3.05) is 0 Å². The Hall–Kier alpha value is -1.97. The molecule has 0 saturated carbocycles. The van der Waals surface area contributed by atoms with Crippen LogP contribution in [-0.2, 0) is 13.0 Å². The summed E-state index contributed by atoms with van der Waals surface area (Å²) in [7, 11) is 0. The summed E-state index contributed by atoms with van der Waals surface area (Å²) in [4.78, 5) is 18.7. The molecule has 4 heteroatoms. The smallest absolute Gasteiger partial charge is 0.185 e. The van der Waals surface area contributed by atoms with Gasteiger partial charge in [0.2, 0.25) is 0 Å². The summed E-state index contributed by atoms with van der Waals surface area (Å²) in [5.41, 5.74) is 1.02. The van der Waals surface area contributed by atoms with Gasteiger partial charge < -0.3 is 4.57 Å². The van der Waals surface area contributed by atoms with Gasteiger partial charge in [-0.2, -0.15) is 0 Å². The lowest BCUT2D eigenvalue weighted by Gasteiger charge is -2.03. The van der Waals surface area contributed by atoms with Crippen LogP contribution in [0.25, 0.3) is 0 Å². The van der Waals surface area contributed by atoms with Crippen molar-refractivity contribution in [3.63, 3.8) is 0 Å². The van der Waals surface area contributed by atoms with Crippen LogP contribution in [0.3, 0.4) is 0 Å². The molecule has 0 saturated heterocycles. The van der Waals surface area contributed by atoms with E-state index >= 15 is 0 Å². The van der Waals surface area contributed by atoms with E-state index < -0.39 is 0 Å². The summed E-state index contributed by atoms with van der Waals surface area (Å²) in [5, 5.41) is 0. The number of nitrogens with zero attached hydrogens (tertiary/aromatic N) is 3. The largest absolute Gasteiger partial charge is 0.328 e. The minimum absolute atomic E-state index is 0.464. The lowest BCUT2D eigenvalue weighted by atomic mass is 10.3. The molecule has 0 radical (unpaired) electrons. The molecule has 0 bridgehead atoms. The summed E-state index contributed by atoms with van der Waals surface area (Å²) in [6, 6.07) is 5.81. The maximum atomic E-state index is 10.6. The average Bonchev–Trinajstić information content (AvgIpc) is 2.75. The Morgan fingerprint density at radius 1 is 1.27 bits per heavy atom. The average molecular weight is 201 g/mol. The van der Waals surface area contributed by atoms with Crippen LogP contribution in [0.2, 0.25) is 0 Å². The second-order valence-corrected chi connectivity index (χ2v) is 3.17. The fraction of sp³-hybridized carbons (Fsp3) is 0.182. The molecule has 76 valence electrons. The Morgan fingerprint density at radius 2 is 2.20 bits per heavy atom. The first-order chi connectivity index (χ1) is 7.40. The third-order valence-electron chi connectivity index (χ3n) is 2.19. The van der Waals surface area contributed by atoms with E-state index in [1.807, 2.05) is 22.8 Å². The standard InChI is InChI=1S/C11H11N3O/c15-9-11-13-6-8-14(11)7-4-10-3-1-2-5-12-10/h1-3,5-6,8-9H,4,7H2. The molecule has 2 aromatic heterocycles. The Kier molecular flexibility index (Phi) is 2.88. The molecule has 0 aromatic carbocycles. The molecule has 0 spiro atoms. The highest BCUT2D eigenvalue weighted by atomic mass is 16.1. The second kappa shape index (κ2) is 4.50. The summed E-state index contributed by atoms with van der Waals surface area (Å²) in [6.07, 6.45) is 6.76. The van der Waals surface area contributed by atoms with Gasteiger partial charge in [0.25, 0.3) is 0 Å². The van der Waals surface area contributed by atoms with Gasteiger partial charge in [-0.3, -0.25) is 9.78 Å². The zero-order valence-corrected chi connectivity index (χ0v) is 8.21. The molecule has 0 aliphatic heterocycles. The van der Waals surface area contributed by atoms with Crippen LogP contribution in [0.1, 0.15) is 16.3 Å². The van der Waals surface area contributed by atoms with Crippen molar-refractivity contribution in [3.8, 4) is 0 Å². The van der Waals surface area contributed by atoms with Gasteiger partial charge in [0.05, 0.1) is 0 Å². The van der Waals surface area contributed by atoms with E-state index in [0.29, 0.717) is 5.82 Å². The Morgan fingerprint density at radius 3 is 2.93 bits per heavy atom. The molecule has 4 nitrogen and oxygen atoms in total. The summed E-state index contributed by atoms with van der Waals surface area (Å²) < 4.78 is 1.82. The number of carbonyl (C=O) groups excluding carboxylic acids is 1. The Labute approximate surface area is 87.6 Å². The van der Waals surface area contributed by atoms with E-state index in [0.717, 1.165) is 24.9 Å². The van der Waals surface area contributed by atoms with Crippen molar-refractivity contribution >= 4 is 6.29 Å². The molecule has 0 fully saturated rings. The van der Waals surface area contributed by atoms with Crippen LogP contribution < -0.4 is 0 Å². The van der Waals surface area contributed by atoms with Crippen molar-refractivity contribution in [1.29, 1.82) is 0 Å². The highest BCUT2D eigenvalue weighted by Crippen LogP contribution is 2.00. The molecule has 0 amide bonds. The minimum atomic E-state index is 0.464. The van der Waals surface area contributed by atoms with Gasteiger partial charge in [-0.25, -0.2) is 4.98 Å². The molecule has 2 aromatic rings. The molecule has 2 heterocycles. The molecular formula is C11H11N3O. The normalized spacial score (nSPS) is 10.1. The first-order valence-electron chi connectivity index (χ1n) is 4.76. The van der Waals surface area contributed by atoms with Crippen molar-refractivity contribution in [1.82, 2.24) is 14.5 Å². The predicted molar refractivity (Wildman–Crippen MR) is 55.6 cm³/mol. The summed E-state index contributed by atoms with van der Waals surface area (Å²) in [6.45, 7) is 0.727. The first kappa shape index (κ1) is 9.58. The number of pyridine rings is 1. The second-order valence-electron chi connectivity index (χ2n) is 3.17. The minimum Gasteiger partial charge on any atom is -0.328 e. The summed E-state index contributed by atoms with van der Waals surface area (Å²) >= 11 is 0. The number of aryl methyl sites for hydroxylation is 2. The number of hydrogen-bond donors (Lipinski definition) is 0. The number of carbonyl (C=O) groups is 1. The maximum Gasteiger partial charge on any atom is 0.185 e. The highest BCUT2D eigenvalue weighted by molar-refractivity contribution is 5.69. The molecular weight excluding hydrogens is 190 g/mol. The number of rotatable bonds is 4. The van der Waals surface area contributed by atoms with Gasteiger partial charge in [-0.15, -0.1) is 0 Å². The number of imidazole rings is 1. The molecule has 15 heavy (non-hydrogen) atoms. The Bertz CT molecular complexity index is 436. The van der Waals surface area contributed by atoms with Gasteiger partial charge in [0.15, 0.2) is 12.1 Å². The zero-order valence-electron chi connectivity index (χ0n) is 8.21. The van der Waals surface area contributed by atoms with Crippen molar-refractivity contribution in [2.24, 2.45) is 0 Å². The SMILES string of the molecule is O=Cc1nccn1CCc1ccccn1.